The van der Waals surface area contributed by atoms with E-state index in [2.05, 4.69) is 5.32 Å². The fourth-order valence-electron chi connectivity index (χ4n) is 1.69. The molecule has 0 radical (unpaired) electrons. The zero-order valence-electron chi connectivity index (χ0n) is 10.4. The highest BCUT2D eigenvalue weighted by molar-refractivity contribution is 5.94. The average molecular weight is 257 g/mol. The number of nitrogens with one attached hydrogen (secondary N) is 1. The van der Waals surface area contributed by atoms with Crippen LogP contribution >= 0.6 is 0 Å². The third kappa shape index (κ3) is 3.45. The van der Waals surface area contributed by atoms with Gasteiger partial charge < -0.3 is 15.6 Å². The van der Waals surface area contributed by atoms with Crippen LogP contribution in [0.4, 0.5) is 0 Å². The Morgan fingerprint density at radius 3 is 2.32 bits per heavy atom. The van der Waals surface area contributed by atoms with Crippen LogP contribution in [0.1, 0.15) is 16.8 Å². The second kappa shape index (κ2) is 5.86. The van der Waals surface area contributed by atoms with E-state index in [0.29, 0.717) is 5.56 Å². The zero-order valence-corrected chi connectivity index (χ0v) is 10.4. The monoisotopic (exact) mass is 257 g/mol. The molecule has 0 atom stereocenters. The molecule has 98 valence electrons. The van der Waals surface area contributed by atoms with Gasteiger partial charge in [-0.25, -0.2) is 0 Å². The summed E-state index contributed by atoms with van der Waals surface area (Å²) in [6, 6.07) is 11.1. The number of hydrogen-bond donors (Lipinski definition) is 2. The molecule has 19 heavy (non-hydrogen) atoms. The lowest BCUT2D eigenvalue weighted by atomic mass is 10.2. The molecule has 5 heteroatoms. The van der Waals surface area contributed by atoms with Gasteiger partial charge in [0, 0.05) is 36.6 Å². The highest BCUT2D eigenvalue weighted by Gasteiger charge is 2.05. The zero-order chi connectivity index (χ0) is 13.7. The molecule has 3 N–H and O–H groups in total. The van der Waals surface area contributed by atoms with Crippen LogP contribution < -0.4 is 11.1 Å². The first-order valence-corrected chi connectivity index (χ1v) is 5.97. The maximum atomic E-state index is 11.8. The lowest BCUT2D eigenvalue weighted by molar-refractivity contribution is -0.117. The molecule has 2 amide bonds. The highest BCUT2D eigenvalue weighted by Crippen LogP contribution is 2.09. The number of nitrogens with two attached hydrogens (primary N) is 1. The Morgan fingerprint density at radius 2 is 1.74 bits per heavy atom. The number of benzene rings is 1. The quantitative estimate of drug-likeness (QED) is 0.841. The lowest BCUT2D eigenvalue weighted by Crippen LogP contribution is -2.27. The Balaban J connectivity index is 1.98. The molecule has 0 fully saturated rings. The molecule has 5 nitrogen and oxygen atoms in total. The maximum Gasteiger partial charge on any atom is 0.251 e. The second-order valence-corrected chi connectivity index (χ2v) is 4.11. The molecule has 0 aliphatic carbocycles. The molecule has 1 aromatic carbocycles. The van der Waals surface area contributed by atoms with Crippen molar-refractivity contribution in [3.63, 3.8) is 0 Å². The van der Waals surface area contributed by atoms with Crippen molar-refractivity contribution in [2.24, 2.45) is 5.73 Å². The third-order valence-electron chi connectivity index (χ3n) is 2.69. The van der Waals surface area contributed by atoms with E-state index in [9.17, 15) is 9.59 Å². The van der Waals surface area contributed by atoms with Gasteiger partial charge in [0.2, 0.25) is 5.91 Å². The number of rotatable bonds is 5. The van der Waals surface area contributed by atoms with Gasteiger partial charge in [-0.05, 0) is 36.4 Å². The van der Waals surface area contributed by atoms with Gasteiger partial charge in [0.1, 0.15) is 0 Å². The molecule has 0 aliphatic rings. The predicted octanol–water partition coefficient (Wildman–Crippen LogP) is 1.08. The van der Waals surface area contributed by atoms with Crippen molar-refractivity contribution in [3.8, 4) is 5.69 Å². The van der Waals surface area contributed by atoms with Crippen LogP contribution in [0.15, 0.2) is 48.8 Å². The number of carbonyl (C=O) groups is 2. The first kappa shape index (κ1) is 12.9. The highest BCUT2D eigenvalue weighted by atomic mass is 16.2. The van der Waals surface area contributed by atoms with Gasteiger partial charge in [0.15, 0.2) is 0 Å². The average Bonchev–Trinajstić information content (AvgIpc) is 2.92. The Bertz CT molecular complexity index is 559. The summed E-state index contributed by atoms with van der Waals surface area (Å²) in [6.45, 7) is 0.257. The van der Waals surface area contributed by atoms with Crippen molar-refractivity contribution >= 4 is 11.8 Å². The van der Waals surface area contributed by atoms with Crippen molar-refractivity contribution in [1.82, 2.24) is 9.88 Å². The van der Waals surface area contributed by atoms with Gasteiger partial charge in [-0.15, -0.1) is 0 Å². The molecule has 0 saturated carbocycles. The van der Waals surface area contributed by atoms with Gasteiger partial charge in [0.05, 0.1) is 0 Å². The third-order valence-corrected chi connectivity index (χ3v) is 2.69. The normalized spacial score (nSPS) is 10.1. The standard InChI is InChI=1S/C14H15N3O2/c15-13(18)7-8-16-14(19)11-3-5-12(6-4-11)17-9-1-2-10-17/h1-6,9-10H,7-8H2,(H2,15,18)(H,16,19). The summed E-state index contributed by atoms with van der Waals surface area (Å²) in [7, 11) is 0. The lowest BCUT2D eigenvalue weighted by Gasteiger charge is -2.06. The van der Waals surface area contributed by atoms with E-state index in [-0.39, 0.29) is 18.9 Å². The molecule has 0 spiro atoms. The van der Waals surface area contributed by atoms with Gasteiger partial charge in [-0.2, -0.15) is 0 Å². The van der Waals surface area contributed by atoms with E-state index in [4.69, 9.17) is 5.73 Å². The Labute approximate surface area is 111 Å². The molecule has 2 aromatic rings. The summed E-state index contributed by atoms with van der Waals surface area (Å²) in [5, 5.41) is 2.64. The van der Waals surface area contributed by atoms with E-state index < -0.39 is 5.91 Å². The van der Waals surface area contributed by atoms with Crippen LogP contribution in [0.2, 0.25) is 0 Å². The van der Waals surface area contributed by atoms with E-state index in [1.807, 2.05) is 41.2 Å². The first-order valence-electron chi connectivity index (χ1n) is 5.97. The largest absolute Gasteiger partial charge is 0.370 e. The van der Waals surface area contributed by atoms with E-state index in [1.165, 1.54) is 0 Å². The van der Waals surface area contributed by atoms with E-state index in [1.54, 1.807) is 12.1 Å². The summed E-state index contributed by atoms with van der Waals surface area (Å²) in [5.41, 5.74) is 6.54. The van der Waals surface area contributed by atoms with Crippen LogP contribution in [-0.4, -0.2) is 22.9 Å². The van der Waals surface area contributed by atoms with Crippen LogP contribution in [0.3, 0.4) is 0 Å². The number of nitrogens with zero attached hydrogens (tertiary/aromatic N) is 1. The molecule has 0 aliphatic heterocycles. The smallest absolute Gasteiger partial charge is 0.251 e. The van der Waals surface area contributed by atoms with Gasteiger partial charge in [0.25, 0.3) is 5.91 Å². The van der Waals surface area contributed by atoms with E-state index in [0.717, 1.165) is 5.69 Å². The topological polar surface area (TPSA) is 77.1 Å². The van der Waals surface area contributed by atoms with Gasteiger partial charge >= 0.3 is 0 Å². The first-order chi connectivity index (χ1) is 9.16. The summed E-state index contributed by atoms with van der Waals surface area (Å²) in [4.78, 5) is 22.3. The van der Waals surface area contributed by atoms with Crippen LogP contribution in [0, 0.1) is 0 Å². The van der Waals surface area contributed by atoms with Gasteiger partial charge in [-0.3, -0.25) is 9.59 Å². The maximum absolute atomic E-state index is 11.8. The molecular weight excluding hydrogens is 242 g/mol. The second-order valence-electron chi connectivity index (χ2n) is 4.11. The minimum absolute atomic E-state index is 0.146. The molecule has 0 unspecified atom stereocenters. The van der Waals surface area contributed by atoms with Crippen molar-refractivity contribution in [3.05, 3.63) is 54.4 Å². The minimum Gasteiger partial charge on any atom is -0.370 e. The van der Waals surface area contributed by atoms with Crippen LogP contribution in [0.5, 0.6) is 0 Å². The summed E-state index contributed by atoms with van der Waals surface area (Å²) < 4.78 is 1.95. The number of aromatic nitrogens is 1. The Hall–Kier alpha value is -2.56. The van der Waals surface area contributed by atoms with Crippen LogP contribution in [-0.2, 0) is 4.79 Å². The molecule has 2 rings (SSSR count). The fraction of sp³-hybridized carbons (Fsp3) is 0.143. The summed E-state index contributed by atoms with van der Waals surface area (Å²) in [5.74, 6) is -0.636. The molecular formula is C14H15N3O2. The number of amides is 2. The van der Waals surface area contributed by atoms with Gasteiger partial charge in [-0.1, -0.05) is 0 Å². The fourth-order valence-corrected chi connectivity index (χ4v) is 1.69. The number of carbonyl (C=O) groups excluding carboxylic acids is 2. The van der Waals surface area contributed by atoms with Crippen molar-refractivity contribution in [2.45, 2.75) is 6.42 Å². The number of primary amides is 1. The van der Waals surface area contributed by atoms with E-state index >= 15 is 0 Å². The molecule has 0 bridgehead atoms. The SMILES string of the molecule is NC(=O)CCNC(=O)c1ccc(-n2cccc2)cc1. The van der Waals surface area contributed by atoms with Crippen molar-refractivity contribution in [1.29, 1.82) is 0 Å². The number of hydrogen-bond acceptors (Lipinski definition) is 2. The summed E-state index contributed by atoms with van der Waals surface area (Å²) >= 11 is 0. The Kier molecular flexibility index (Phi) is 3.97. The predicted molar refractivity (Wildman–Crippen MR) is 71.9 cm³/mol. The van der Waals surface area contributed by atoms with Crippen molar-refractivity contribution in [2.75, 3.05) is 6.54 Å². The molecule has 1 aromatic heterocycles. The summed E-state index contributed by atoms with van der Waals surface area (Å²) in [6.07, 6.45) is 4.01. The van der Waals surface area contributed by atoms with Crippen LogP contribution in [0.25, 0.3) is 5.69 Å². The minimum atomic E-state index is -0.428. The molecule has 0 saturated heterocycles. The molecule has 1 heterocycles. The van der Waals surface area contributed by atoms with Crippen molar-refractivity contribution < 1.29 is 9.59 Å². The Morgan fingerprint density at radius 1 is 1.11 bits per heavy atom.